The summed E-state index contributed by atoms with van der Waals surface area (Å²) in [6.45, 7) is 1.08. The van der Waals surface area contributed by atoms with Crippen molar-refractivity contribution in [1.82, 2.24) is 19.9 Å². The summed E-state index contributed by atoms with van der Waals surface area (Å²) in [5.41, 5.74) is 0.695. The highest BCUT2D eigenvalue weighted by Crippen LogP contribution is 2.30. The van der Waals surface area contributed by atoms with Crippen LogP contribution in [0.2, 0.25) is 0 Å². The molecule has 27 heavy (non-hydrogen) atoms. The number of halogens is 3. The number of nitrogens with one attached hydrogen (secondary N) is 2. The maximum atomic E-state index is 13.0. The summed E-state index contributed by atoms with van der Waals surface area (Å²) in [6, 6.07) is 5.41. The summed E-state index contributed by atoms with van der Waals surface area (Å²) in [4.78, 5) is 16.3. The van der Waals surface area contributed by atoms with Crippen LogP contribution in [-0.4, -0.2) is 39.2 Å². The van der Waals surface area contributed by atoms with Crippen molar-refractivity contribution in [1.29, 1.82) is 0 Å². The Bertz CT molecular complexity index is 930. The number of hydrogen-bond acceptors (Lipinski definition) is 8. The number of pyridine rings is 1. The molecule has 4 rings (SSSR count). The number of nitrogens with zero attached hydrogens (tertiary/aromatic N) is 4. The van der Waals surface area contributed by atoms with Crippen molar-refractivity contribution in [3.63, 3.8) is 0 Å². The van der Waals surface area contributed by atoms with Gasteiger partial charge in [-0.2, -0.15) is 13.2 Å². The van der Waals surface area contributed by atoms with E-state index in [1.807, 2.05) is 0 Å². The van der Waals surface area contributed by atoms with Crippen LogP contribution in [0.15, 0.2) is 36.0 Å². The van der Waals surface area contributed by atoms with Crippen molar-refractivity contribution in [3.05, 3.63) is 41.7 Å². The van der Waals surface area contributed by atoms with Crippen LogP contribution in [0.5, 0.6) is 0 Å². The maximum Gasteiger partial charge on any atom is 0.433 e. The zero-order chi connectivity index (χ0) is 18.9. The molecule has 7 nitrogen and oxygen atoms in total. The second-order valence-corrected chi connectivity index (χ2v) is 6.62. The minimum atomic E-state index is -4.54. The molecule has 11 heteroatoms. The summed E-state index contributed by atoms with van der Waals surface area (Å²) in [6.07, 6.45) is -2.92. The van der Waals surface area contributed by atoms with Gasteiger partial charge < -0.3 is 15.4 Å². The molecule has 3 aromatic heterocycles. The second kappa shape index (κ2) is 7.08. The summed E-state index contributed by atoms with van der Waals surface area (Å²) in [7, 11) is 0. The predicted octanol–water partition coefficient (Wildman–Crippen LogP) is 3.57. The van der Waals surface area contributed by atoms with E-state index in [2.05, 4.69) is 30.6 Å². The predicted molar refractivity (Wildman–Crippen MR) is 93.9 cm³/mol. The number of aromatic nitrogens is 4. The fourth-order valence-electron chi connectivity index (χ4n) is 2.35. The van der Waals surface area contributed by atoms with E-state index < -0.39 is 11.9 Å². The SMILES string of the molecule is FC(F)(F)c1cccc(-c2nc(Nc3cncs3)cc(NC3COC3)n2)n1. The fourth-order valence-corrected chi connectivity index (χ4v) is 2.87. The van der Waals surface area contributed by atoms with Crippen LogP contribution < -0.4 is 10.6 Å². The molecule has 0 radical (unpaired) electrons. The molecule has 4 heterocycles. The first-order chi connectivity index (χ1) is 13.0. The van der Waals surface area contributed by atoms with Crippen LogP contribution in [0.4, 0.5) is 29.8 Å². The molecule has 0 aliphatic carbocycles. The first kappa shape index (κ1) is 17.6. The molecule has 1 saturated heterocycles. The highest BCUT2D eigenvalue weighted by molar-refractivity contribution is 7.13. The number of thiazole rings is 1. The molecule has 1 fully saturated rings. The summed E-state index contributed by atoms with van der Waals surface area (Å²) in [5.74, 6) is 0.976. The van der Waals surface area contributed by atoms with E-state index in [0.717, 1.165) is 11.1 Å². The monoisotopic (exact) mass is 394 g/mol. The van der Waals surface area contributed by atoms with Crippen molar-refractivity contribution in [3.8, 4) is 11.5 Å². The number of ether oxygens (including phenoxy) is 1. The van der Waals surface area contributed by atoms with E-state index >= 15 is 0 Å². The van der Waals surface area contributed by atoms with Crippen LogP contribution in [0.25, 0.3) is 11.5 Å². The largest absolute Gasteiger partial charge is 0.433 e. The average Bonchev–Trinajstić information content (AvgIpc) is 3.10. The summed E-state index contributed by atoms with van der Waals surface area (Å²) in [5, 5.41) is 6.99. The van der Waals surface area contributed by atoms with Crippen molar-refractivity contribution in [2.45, 2.75) is 12.2 Å². The van der Waals surface area contributed by atoms with Crippen LogP contribution in [0.1, 0.15) is 5.69 Å². The number of alkyl halides is 3. The Morgan fingerprint density at radius 3 is 2.59 bits per heavy atom. The van der Waals surface area contributed by atoms with Gasteiger partial charge in [0.1, 0.15) is 28.0 Å². The number of anilines is 3. The molecular weight excluding hydrogens is 381 g/mol. The van der Waals surface area contributed by atoms with Crippen molar-refractivity contribution >= 4 is 28.0 Å². The third-order valence-corrected chi connectivity index (χ3v) is 4.36. The molecule has 2 N–H and O–H groups in total. The maximum absolute atomic E-state index is 13.0. The minimum absolute atomic E-state index is 0.0330. The second-order valence-electron chi connectivity index (χ2n) is 5.74. The van der Waals surface area contributed by atoms with Gasteiger partial charge in [0.15, 0.2) is 5.82 Å². The van der Waals surface area contributed by atoms with E-state index in [4.69, 9.17) is 4.74 Å². The lowest BCUT2D eigenvalue weighted by Gasteiger charge is -2.27. The van der Waals surface area contributed by atoms with E-state index in [1.165, 1.54) is 23.5 Å². The quantitative estimate of drug-likeness (QED) is 0.684. The molecule has 0 saturated carbocycles. The molecule has 0 aromatic carbocycles. The Balaban J connectivity index is 1.70. The topological polar surface area (TPSA) is 84.9 Å². The van der Waals surface area contributed by atoms with Gasteiger partial charge in [0.25, 0.3) is 0 Å². The number of hydrogen-bond donors (Lipinski definition) is 2. The molecule has 0 spiro atoms. The third kappa shape index (κ3) is 4.14. The van der Waals surface area contributed by atoms with Crippen molar-refractivity contribution < 1.29 is 17.9 Å². The molecule has 0 bridgehead atoms. The molecule has 0 amide bonds. The first-order valence-corrected chi connectivity index (χ1v) is 8.79. The van der Waals surface area contributed by atoms with E-state index in [1.54, 1.807) is 17.8 Å². The Labute approximate surface area is 155 Å². The molecule has 3 aromatic rings. The normalized spacial score (nSPS) is 14.6. The summed E-state index contributed by atoms with van der Waals surface area (Å²) < 4.78 is 44.0. The lowest BCUT2D eigenvalue weighted by Crippen LogP contribution is -2.40. The Morgan fingerprint density at radius 2 is 1.93 bits per heavy atom. The van der Waals surface area contributed by atoms with Gasteiger partial charge in [-0.25, -0.2) is 15.0 Å². The van der Waals surface area contributed by atoms with E-state index in [-0.39, 0.29) is 17.6 Å². The highest BCUT2D eigenvalue weighted by Gasteiger charge is 2.32. The van der Waals surface area contributed by atoms with Gasteiger partial charge in [-0.05, 0) is 12.1 Å². The van der Waals surface area contributed by atoms with E-state index in [9.17, 15) is 13.2 Å². The van der Waals surface area contributed by atoms with Gasteiger partial charge >= 0.3 is 6.18 Å². The zero-order valence-corrected chi connectivity index (χ0v) is 14.5. The first-order valence-electron chi connectivity index (χ1n) is 7.91. The van der Waals surface area contributed by atoms with Gasteiger partial charge in [-0.15, -0.1) is 11.3 Å². The Kier molecular flexibility index (Phi) is 4.62. The third-order valence-electron chi connectivity index (χ3n) is 3.67. The van der Waals surface area contributed by atoms with Crippen molar-refractivity contribution in [2.24, 2.45) is 0 Å². The highest BCUT2D eigenvalue weighted by atomic mass is 32.1. The average molecular weight is 394 g/mol. The van der Waals surface area contributed by atoms with Crippen LogP contribution in [-0.2, 0) is 10.9 Å². The van der Waals surface area contributed by atoms with Gasteiger partial charge in [0, 0.05) is 6.07 Å². The van der Waals surface area contributed by atoms with E-state index in [0.29, 0.717) is 24.8 Å². The molecule has 0 atom stereocenters. The molecular formula is C16H13F3N6OS. The van der Waals surface area contributed by atoms with Crippen LogP contribution >= 0.6 is 11.3 Å². The Morgan fingerprint density at radius 1 is 1.11 bits per heavy atom. The van der Waals surface area contributed by atoms with Gasteiger partial charge in [-0.3, -0.25) is 4.98 Å². The molecule has 140 valence electrons. The molecule has 1 aliphatic heterocycles. The minimum Gasteiger partial charge on any atom is -0.377 e. The smallest absolute Gasteiger partial charge is 0.377 e. The van der Waals surface area contributed by atoms with Crippen LogP contribution in [0.3, 0.4) is 0 Å². The van der Waals surface area contributed by atoms with Gasteiger partial charge in [0.05, 0.1) is 31.0 Å². The standard InChI is InChI=1S/C16H13F3N6OS/c17-16(18,19)11-3-1-2-10(22-11)15-24-12(21-9-6-26-7-9)4-13(25-15)23-14-5-20-8-27-14/h1-5,8-9H,6-7H2,(H2,21,23,24,25). The lowest BCUT2D eigenvalue weighted by atomic mass is 10.2. The molecule has 1 aliphatic rings. The number of rotatable bonds is 5. The van der Waals surface area contributed by atoms with Crippen LogP contribution in [0, 0.1) is 0 Å². The molecule has 0 unspecified atom stereocenters. The fraction of sp³-hybridized carbons (Fsp3) is 0.250. The summed E-state index contributed by atoms with van der Waals surface area (Å²) >= 11 is 1.37. The lowest BCUT2D eigenvalue weighted by molar-refractivity contribution is -0.141. The van der Waals surface area contributed by atoms with Crippen molar-refractivity contribution in [2.75, 3.05) is 23.8 Å². The van der Waals surface area contributed by atoms with Gasteiger partial charge in [0.2, 0.25) is 0 Å². The zero-order valence-electron chi connectivity index (χ0n) is 13.7. The Hall–Kier alpha value is -2.79. The van der Waals surface area contributed by atoms with Gasteiger partial charge in [-0.1, -0.05) is 6.07 Å².